The van der Waals surface area contributed by atoms with Crippen molar-refractivity contribution in [3.05, 3.63) is 0 Å². The third-order valence-electron chi connectivity index (χ3n) is 0.843. The van der Waals surface area contributed by atoms with Gasteiger partial charge in [0.25, 0.3) is 0 Å². The van der Waals surface area contributed by atoms with Gasteiger partial charge in [0, 0.05) is 0 Å². The van der Waals surface area contributed by atoms with Crippen molar-refractivity contribution in [1.82, 2.24) is 0 Å². The molecular weight excluding hydrogens is 196 g/mol. The molecule has 0 amide bonds. The summed E-state index contributed by atoms with van der Waals surface area (Å²) < 4.78 is 45.5. The molecule has 0 bridgehead atoms. The van der Waals surface area contributed by atoms with Crippen LogP contribution in [0, 0.1) is 0 Å². The van der Waals surface area contributed by atoms with Gasteiger partial charge in [0.2, 0.25) is 0 Å². The second-order valence-electron chi connectivity index (χ2n) is 1.58. The Morgan fingerprint density at radius 3 is 2.55 bits per heavy atom. The van der Waals surface area contributed by atoms with Gasteiger partial charge < -0.3 is 4.55 Å². The second kappa shape index (κ2) is 4.91. The summed E-state index contributed by atoms with van der Waals surface area (Å²) in [5, 5.41) is 0. The second-order valence-corrected chi connectivity index (χ2v) is 4.34. The SMILES string of the molecule is CO[SH](=O)(O)CCOS(=O)O. The Morgan fingerprint density at radius 2 is 2.18 bits per heavy atom. The third kappa shape index (κ3) is 6.53. The fourth-order valence-corrected chi connectivity index (χ4v) is 1.17. The van der Waals surface area contributed by atoms with Crippen LogP contribution in [-0.2, 0) is 30.2 Å². The Bertz CT molecular complexity index is 179. The Balaban J connectivity index is 3.54. The maximum atomic E-state index is 10.6. The van der Waals surface area contributed by atoms with E-state index < -0.39 is 21.9 Å². The van der Waals surface area contributed by atoms with Crippen molar-refractivity contribution in [2.45, 2.75) is 0 Å². The summed E-state index contributed by atoms with van der Waals surface area (Å²) in [6.45, 7) is -0.287. The van der Waals surface area contributed by atoms with Crippen LogP contribution >= 0.6 is 0 Å². The highest BCUT2D eigenvalue weighted by Crippen LogP contribution is 1.98. The zero-order chi connectivity index (χ0) is 8.91. The van der Waals surface area contributed by atoms with Gasteiger partial charge >= 0.3 is 11.4 Å². The van der Waals surface area contributed by atoms with E-state index in [9.17, 15) is 8.42 Å². The predicted octanol–water partition coefficient (Wildman–Crippen LogP) is -0.809. The molecule has 70 valence electrons. The molecule has 11 heavy (non-hydrogen) atoms. The molecule has 0 aliphatic rings. The van der Waals surface area contributed by atoms with E-state index in [0.717, 1.165) is 7.11 Å². The van der Waals surface area contributed by atoms with E-state index in [1.807, 2.05) is 0 Å². The molecular formula is C3H10O6S2. The van der Waals surface area contributed by atoms with Gasteiger partial charge in [0.05, 0.1) is 30.0 Å². The van der Waals surface area contributed by atoms with E-state index in [1.54, 1.807) is 0 Å². The maximum absolute atomic E-state index is 10.6. The predicted molar refractivity (Wildman–Crippen MR) is 40.8 cm³/mol. The fourth-order valence-electron chi connectivity index (χ4n) is 0.315. The van der Waals surface area contributed by atoms with E-state index in [4.69, 9.17) is 9.11 Å². The van der Waals surface area contributed by atoms with Crippen LogP contribution in [0.5, 0.6) is 0 Å². The molecule has 0 aliphatic heterocycles. The highest BCUT2D eigenvalue weighted by atomic mass is 32.3. The van der Waals surface area contributed by atoms with Crippen molar-refractivity contribution in [3.8, 4) is 0 Å². The zero-order valence-electron chi connectivity index (χ0n) is 5.80. The molecule has 0 saturated heterocycles. The van der Waals surface area contributed by atoms with Crippen molar-refractivity contribution >= 4 is 21.9 Å². The van der Waals surface area contributed by atoms with E-state index in [2.05, 4.69) is 8.37 Å². The minimum Gasteiger partial charge on any atom is -0.309 e. The minimum atomic E-state index is -3.60. The summed E-state index contributed by atoms with van der Waals surface area (Å²) in [6, 6.07) is 0. The number of thiol groups is 1. The molecule has 1 unspecified atom stereocenters. The maximum Gasteiger partial charge on any atom is 0.301 e. The van der Waals surface area contributed by atoms with Gasteiger partial charge in [-0.2, -0.15) is 4.21 Å². The number of hydrogen-bond acceptors (Lipinski definition) is 4. The first-order chi connectivity index (χ1) is 4.98. The molecule has 0 heterocycles. The smallest absolute Gasteiger partial charge is 0.301 e. The van der Waals surface area contributed by atoms with Crippen molar-refractivity contribution < 1.29 is 25.9 Å². The topological polar surface area (TPSA) is 93.1 Å². The Morgan fingerprint density at radius 1 is 1.64 bits per heavy atom. The van der Waals surface area contributed by atoms with E-state index >= 15 is 0 Å². The lowest BCUT2D eigenvalue weighted by atomic mass is 10.9. The van der Waals surface area contributed by atoms with Crippen LogP contribution in [0.25, 0.3) is 0 Å². The lowest BCUT2D eigenvalue weighted by Gasteiger charge is -2.13. The van der Waals surface area contributed by atoms with Crippen LogP contribution in [0.4, 0.5) is 0 Å². The molecule has 0 fully saturated rings. The van der Waals surface area contributed by atoms with E-state index in [1.165, 1.54) is 0 Å². The molecule has 0 aromatic heterocycles. The van der Waals surface area contributed by atoms with Crippen LogP contribution in [0.15, 0.2) is 0 Å². The normalized spacial score (nSPS) is 16.3. The van der Waals surface area contributed by atoms with Crippen LogP contribution in [-0.4, -0.2) is 37.0 Å². The standard InChI is InChI=1S/C3H10O6S2/c1-8-11(6,7)3-2-9-10(4)5/h11H,2-3H2,1H3,(H,4,5)(H,6,7). The molecule has 0 aromatic rings. The van der Waals surface area contributed by atoms with Crippen LogP contribution in [0.2, 0.25) is 0 Å². The minimum absolute atomic E-state index is 0.287. The highest BCUT2D eigenvalue weighted by molar-refractivity contribution is 7.93. The summed E-state index contributed by atoms with van der Waals surface area (Å²) in [5.41, 5.74) is 0. The van der Waals surface area contributed by atoms with Crippen molar-refractivity contribution in [2.75, 3.05) is 19.5 Å². The van der Waals surface area contributed by atoms with Crippen molar-refractivity contribution in [3.63, 3.8) is 0 Å². The lowest BCUT2D eigenvalue weighted by Crippen LogP contribution is -2.21. The van der Waals surface area contributed by atoms with Crippen molar-refractivity contribution in [1.29, 1.82) is 0 Å². The molecule has 8 heteroatoms. The zero-order valence-corrected chi connectivity index (χ0v) is 7.51. The number of rotatable bonds is 5. The molecule has 0 radical (unpaired) electrons. The first kappa shape index (κ1) is 11.1. The van der Waals surface area contributed by atoms with Gasteiger partial charge in [-0.25, -0.2) is 4.21 Å². The Kier molecular flexibility index (Phi) is 4.97. The molecule has 0 spiro atoms. The van der Waals surface area contributed by atoms with Crippen LogP contribution < -0.4 is 0 Å². The largest absolute Gasteiger partial charge is 0.309 e. The van der Waals surface area contributed by atoms with Gasteiger partial charge in [0.1, 0.15) is 0 Å². The summed E-state index contributed by atoms with van der Waals surface area (Å²) in [6.07, 6.45) is 0. The average Bonchev–Trinajstić information content (AvgIpc) is 1.87. The summed E-state index contributed by atoms with van der Waals surface area (Å²) >= 11 is -2.39. The van der Waals surface area contributed by atoms with Crippen LogP contribution in [0.1, 0.15) is 0 Å². The monoisotopic (exact) mass is 206 g/mol. The summed E-state index contributed by atoms with van der Waals surface area (Å²) in [7, 11) is -2.52. The molecule has 6 nitrogen and oxygen atoms in total. The quantitative estimate of drug-likeness (QED) is 0.402. The average molecular weight is 206 g/mol. The number of hydrogen-bond donors (Lipinski definition) is 3. The van der Waals surface area contributed by atoms with Gasteiger partial charge in [-0.3, -0.25) is 12.9 Å². The first-order valence-corrected chi connectivity index (χ1v) is 5.39. The fraction of sp³-hybridized carbons (Fsp3) is 1.00. The van der Waals surface area contributed by atoms with Gasteiger partial charge in [-0.05, 0) is 0 Å². The summed E-state index contributed by atoms with van der Waals surface area (Å²) in [5.74, 6) is -0.296. The highest BCUT2D eigenvalue weighted by Gasteiger charge is 2.07. The molecule has 0 aliphatic carbocycles. The van der Waals surface area contributed by atoms with Gasteiger partial charge in [-0.1, -0.05) is 0 Å². The van der Waals surface area contributed by atoms with E-state index in [-0.39, 0.29) is 12.4 Å². The molecule has 1 atom stereocenters. The Hall–Kier alpha value is 0.140. The summed E-state index contributed by atoms with van der Waals surface area (Å²) in [4.78, 5) is 0. The molecule has 2 N–H and O–H groups in total. The molecule has 0 rings (SSSR count). The molecule has 0 saturated carbocycles. The molecule has 0 aromatic carbocycles. The first-order valence-electron chi connectivity index (χ1n) is 2.59. The van der Waals surface area contributed by atoms with Gasteiger partial charge in [0.15, 0.2) is 0 Å². The van der Waals surface area contributed by atoms with Crippen LogP contribution in [0.3, 0.4) is 0 Å². The van der Waals surface area contributed by atoms with Crippen molar-refractivity contribution in [2.24, 2.45) is 0 Å². The van der Waals surface area contributed by atoms with Gasteiger partial charge in [-0.15, -0.1) is 0 Å². The Labute approximate surface area is 67.8 Å². The van der Waals surface area contributed by atoms with E-state index in [0.29, 0.717) is 0 Å². The lowest BCUT2D eigenvalue weighted by molar-refractivity contribution is 0.307. The third-order valence-corrected chi connectivity index (χ3v) is 2.53.